The first kappa shape index (κ1) is 15.8. The molecule has 1 fully saturated rings. The number of nitrogens with one attached hydrogen (secondary N) is 1. The van der Waals surface area contributed by atoms with Gasteiger partial charge in [0.25, 0.3) is 5.91 Å². The SMILES string of the molecule is O=C1COc2ccc(C(=O)COC(=O)c3sccc3C3CC3)cc2N1. The molecule has 1 aromatic carbocycles. The number of Topliss-reactive ketones (excluding diaryl/α,β-unsaturated/α-hetero) is 1. The monoisotopic (exact) mass is 357 g/mol. The number of esters is 1. The first-order valence-corrected chi connectivity index (χ1v) is 8.84. The number of ketones is 1. The average molecular weight is 357 g/mol. The summed E-state index contributed by atoms with van der Waals surface area (Å²) in [4.78, 5) is 36.5. The van der Waals surface area contributed by atoms with Gasteiger partial charge in [-0.15, -0.1) is 11.3 Å². The van der Waals surface area contributed by atoms with Crippen molar-refractivity contribution < 1.29 is 23.9 Å². The predicted molar refractivity (Wildman–Crippen MR) is 91.5 cm³/mol. The molecule has 25 heavy (non-hydrogen) atoms. The summed E-state index contributed by atoms with van der Waals surface area (Å²) in [7, 11) is 0. The lowest BCUT2D eigenvalue weighted by molar-refractivity contribution is -0.118. The fourth-order valence-electron chi connectivity index (χ4n) is 2.74. The molecule has 0 bridgehead atoms. The highest BCUT2D eigenvalue weighted by atomic mass is 32.1. The van der Waals surface area contributed by atoms with Crippen molar-refractivity contribution in [1.29, 1.82) is 0 Å². The van der Waals surface area contributed by atoms with Gasteiger partial charge in [-0.3, -0.25) is 9.59 Å². The zero-order valence-electron chi connectivity index (χ0n) is 13.2. The number of rotatable bonds is 5. The molecule has 2 aliphatic rings. The second-order valence-corrected chi connectivity index (χ2v) is 6.94. The van der Waals surface area contributed by atoms with E-state index in [9.17, 15) is 14.4 Å². The molecule has 0 atom stereocenters. The minimum atomic E-state index is -0.458. The van der Waals surface area contributed by atoms with Crippen LogP contribution in [0.4, 0.5) is 5.69 Å². The summed E-state index contributed by atoms with van der Waals surface area (Å²) in [6, 6.07) is 6.69. The first-order valence-electron chi connectivity index (χ1n) is 7.96. The van der Waals surface area contributed by atoms with Crippen LogP contribution in [-0.2, 0) is 9.53 Å². The van der Waals surface area contributed by atoms with E-state index in [1.165, 1.54) is 17.4 Å². The van der Waals surface area contributed by atoms with E-state index >= 15 is 0 Å². The molecule has 128 valence electrons. The lowest BCUT2D eigenvalue weighted by Crippen LogP contribution is -2.25. The van der Waals surface area contributed by atoms with Crippen LogP contribution in [0.1, 0.15) is 44.4 Å². The minimum absolute atomic E-state index is 0.0396. The Morgan fingerprint density at radius 3 is 2.92 bits per heavy atom. The molecule has 2 aromatic rings. The Balaban J connectivity index is 1.42. The van der Waals surface area contributed by atoms with Crippen molar-refractivity contribution in [3.63, 3.8) is 0 Å². The van der Waals surface area contributed by atoms with Crippen LogP contribution in [0.25, 0.3) is 0 Å². The third-order valence-electron chi connectivity index (χ3n) is 4.17. The zero-order chi connectivity index (χ0) is 17.4. The van der Waals surface area contributed by atoms with Crippen molar-refractivity contribution in [1.82, 2.24) is 0 Å². The summed E-state index contributed by atoms with van der Waals surface area (Å²) in [5, 5.41) is 4.52. The van der Waals surface area contributed by atoms with Crippen molar-refractivity contribution in [3.8, 4) is 5.75 Å². The maximum absolute atomic E-state index is 12.3. The topological polar surface area (TPSA) is 81.7 Å². The largest absolute Gasteiger partial charge is 0.482 e. The standard InChI is InChI=1S/C18H15NO5S/c20-14(11-3-4-15-13(7-11)19-16(21)9-23-15)8-24-18(22)17-12(5-6-25-17)10-1-2-10/h3-7,10H,1-2,8-9H2,(H,19,21). The molecule has 0 unspecified atom stereocenters. The van der Waals surface area contributed by atoms with Gasteiger partial charge in [-0.25, -0.2) is 4.79 Å². The van der Waals surface area contributed by atoms with E-state index in [-0.39, 0.29) is 24.9 Å². The molecular weight excluding hydrogens is 342 g/mol. The molecular formula is C18H15NO5S. The second kappa shape index (κ2) is 6.33. The molecule has 7 heteroatoms. The van der Waals surface area contributed by atoms with Gasteiger partial charge in [-0.2, -0.15) is 0 Å². The number of carbonyl (C=O) groups is 3. The van der Waals surface area contributed by atoms with E-state index in [1.54, 1.807) is 12.1 Å². The Hall–Kier alpha value is -2.67. The summed E-state index contributed by atoms with van der Waals surface area (Å²) in [6.07, 6.45) is 2.19. The van der Waals surface area contributed by atoms with Crippen molar-refractivity contribution in [3.05, 3.63) is 45.6 Å². The number of benzene rings is 1. The fraction of sp³-hybridized carbons (Fsp3) is 0.278. The van der Waals surface area contributed by atoms with Gasteiger partial charge >= 0.3 is 5.97 Å². The maximum Gasteiger partial charge on any atom is 0.349 e. The van der Waals surface area contributed by atoms with Crippen molar-refractivity contribution in [2.75, 3.05) is 18.5 Å². The van der Waals surface area contributed by atoms with Crippen molar-refractivity contribution in [2.24, 2.45) is 0 Å². The van der Waals surface area contributed by atoms with E-state index in [1.807, 2.05) is 11.4 Å². The van der Waals surface area contributed by atoms with Gasteiger partial charge in [0.1, 0.15) is 10.6 Å². The lowest BCUT2D eigenvalue weighted by atomic mass is 10.1. The Kier molecular flexibility index (Phi) is 4.01. The van der Waals surface area contributed by atoms with Crippen LogP contribution in [0, 0.1) is 0 Å². The quantitative estimate of drug-likeness (QED) is 0.657. The summed E-state index contributed by atoms with van der Waals surface area (Å²) >= 11 is 1.34. The third kappa shape index (κ3) is 3.28. The van der Waals surface area contributed by atoms with Crippen LogP contribution in [0.3, 0.4) is 0 Å². The van der Waals surface area contributed by atoms with E-state index in [4.69, 9.17) is 9.47 Å². The van der Waals surface area contributed by atoms with Gasteiger partial charge in [0.15, 0.2) is 19.0 Å². The molecule has 4 rings (SSSR count). The van der Waals surface area contributed by atoms with Crippen LogP contribution in [0.15, 0.2) is 29.6 Å². The van der Waals surface area contributed by atoms with Crippen LogP contribution in [-0.4, -0.2) is 30.9 Å². The Bertz CT molecular complexity index is 868. The number of ether oxygens (including phenoxy) is 2. The van der Waals surface area contributed by atoms with Gasteiger partial charge in [-0.1, -0.05) is 0 Å². The second-order valence-electron chi connectivity index (χ2n) is 6.03. The van der Waals surface area contributed by atoms with E-state index < -0.39 is 5.97 Å². The molecule has 1 aliphatic heterocycles. The lowest BCUT2D eigenvalue weighted by Gasteiger charge is -2.18. The Labute approximate surface area is 147 Å². The first-order chi connectivity index (χ1) is 12.1. The highest BCUT2D eigenvalue weighted by Crippen LogP contribution is 2.43. The van der Waals surface area contributed by atoms with Crippen LogP contribution < -0.4 is 10.1 Å². The minimum Gasteiger partial charge on any atom is -0.482 e. The van der Waals surface area contributed by atoms with Gasteiger partial charge in [0.2, 0.25) is 0 Å². The molecule has 0 radical (unpaired) electrons. The molecule has 1 aromatic heterocycles. The van der Waals surface area contributed by atoms with Crippen molar-refractivity contribution in [2.45, 2.75) is 18.8 Å². The maximum atomic E-state index is 12.3. The molecule has 1 saturated carbocycles. The summed E-state index contributed by atoms with van der Waals surface area (Å²) in [5.41, 5.74) is 1.82. The molecule has 2 heterocycles. The molecule has 1 aliphatic carbocycles. The van der Waals surface area contributed by atoms with Crippen LogP contribution >= 0.6 is 11.3 Å². The number of hydrogen-bond donors (Lipinski definition) is 1. The molecule has 0 saturated heterocycles. The Morgan fingerprint density at radius 1 is 1.28 bits per heavy atom. The van der Waals surface area contributed by atoms with E-state index in [2.05, 4.69) is 5.32 Å². The van der Waals surface area contributed by atoms with Crippen molar-refractivity contribution >= 4 is 34.7 Å². The third-order valence-corrected chi connectivity index (χ3v) is 5.08. The molecule has 1 amide bonds. The van der Waals surface area contributed by atoms with Gasteiger partial charge in [-0.05, 0) is 54.0 Å². The van der Waals surface area contributed by atoms with E-state index in [0.717, 1.165) is 18.4 Å². The summed E-state index contributed by atoms with van der Waals surface area (Å²) in [5.74, 6) is -0.0938. The summed E-state index contributed by atoms with van der Waals surface area (Å²) in [6.45, 7) is -0.378. The summed E-state index contributed by atoms with van der Waals surface area (Å²) < 4.78 is 10.4. The number of thiophene rings is 1. The predicted octanol–water partition coefficient (Wildman–Crippen LogP) is 3.00. The van der Waals surface area contributed by atoms with Gasteiger partial charge < -0.3 is 14.8 Å². The molecule has 1 N–H and O–H groups in total. The highest BCUT2D eigenvalue weighted by Gasteiger charge is 2.29. The smallest absolute Gasteiger partial charge is 0.349 e. The van der Waals surface area contributed by atoms with E-state index in [0.29, 0.717) is 27.8 Å². The highest BCUT2D eigenvalue weighted by molar-refractivity contribution is 7.12. The number of anilines is 1. The number of hydrogen-bond acceptors (Lipinski definition) is 6. The number of fused-ring (bicyclic) bond motifs is 1. The Morgan fingerprint density at radius 2 is 2.12 bits per heavy atom. The number of amides is 1. The van der Waals surface area contributed by atoms with Crippen LogP contribution in [0.5, 0.6) is 5.75 Å². The van der Waals surface area contributed by atoms with Gasteiger partial charge in [0.05, 0.1) is 5.69 Å². The number of carbonyl (C=O) groups excluding carboxylic acids is 3. The molecule has 6 nitrogen and oxygen atoms in total. The molecule has 0 spiro atoms. The normalized spacial score (nSPS) is 15.8. The fourth-order valence-corrected chi connectivity index (χ4v) is 3.61. The van der Waals surface area contributed by atoms with Gasteiger partial charge in [0, 0.05) is 5.56 Å². The van der Waals surface area contributed by atoms with Crippen LogP contribution in [0.2, 0.25) is 0 Å². The average Bonchev–Trinajstić information content (AvgIpc) is 3.35. The zero-order valence-corrected chi connectivity index (χ0v) is 14.1.